The Morgan fingerprint density at radius 3 is 2.25 bits per heavy atom. The first-order valence-corrected chi connectivity index (χ1v) is 5.82. The summed E-state index contributed by atoms with van der Waals surface area (Å²) in [7, 11) is 0. The standard InChI is InChI=1S/C12H15N3O5/c1-7(2)10(11(16)14-12(13)17)20-9-5-3-8(4-6-9)15(18)19/h3-7,10H,1-2H3,(H3,13,14,16,17)/t10-/m0/s1. The van der Waals surface area contributed by atoms with E-state index in [1.807, 2.05) is 5.32 Å². The first kappa shape index (κ1) is 15.4. The average Bonchev–Trinajstić information content (AvgIpc) is 2.35. The molecule has 1 aromatic carbocycles. The van der Waals surface area contributed by atoms with Crippen molar-refractivity contribution in [2.75, 3.05) is 0 Å². The van der Waals surface area contributed by atoms with Gasteiger partial charge in [-0.15, -0.1) is 0 Å². The van der Waals surface area contributed by atoms with Gasteiger partial charge in [0, 0.05) is 12.1 Å². The molecule has 0 saturated carbocycles. The molecule has 1 atom stereocenters. The van der Waals surface area contributed by atoms with Crippen molar-refractivity contribution in [1.82, 2.24) is 5.32 Å². The molecule has 108 valence electrons. The zero-order valence-electron chi connectivity index (χ0n) is 11.0. The van der Waals surface area contributed by atoms with Gasteiger partial charge in [0.05, 0.1) is 4.92 Å². The zero-order valence-corrected chi connectivity index (χ0v) is 11.0. The molecular weight excluding hydrogens is 266 g/mol. The number of nitrogens with one attached hydrogen (secondary N) is 1. The van der Waals surface area contributed by atoms with E-state index in [0.717, 1.165) is 0 Å². The highest BCUT2D eigenvalue weighted by atomic mass is 16.6. The van der Waals surface area contributed by atoms with Crippen molar-refractivity contribution in [2.45, 2.75) is 20.0 Å². The van der Waals surface area contributed by atoms with E-state index in [2.05, 4.69) is 0 Å². The van der Waals surface area contributed by atoms with E-state index in [-0.39, 0.29) is 17.4 Å². The Morgan fingerprint density at radius 1 is 1.30 bits per heavy atom. The SMILES string of the molecule is CC(C)[C@H](Oc1ccc([N+](=O)[O-])cc1)C(=O)NC(N)=O. The Kier molecular flexibility index (Phi) is 5.01. The van der Waals surface area contributed by atoms with Gasteiger partial charge in [-0.25, -0.2) is 4.79 Å². The van der Waals surface area contributed by atoms with Crippen molar-refractivity contribution in [3.63, 3.8) is 0 Å². The predicted molar refractivity (Wildman–Crippen MR) is 70.1 cm³/mol. The lowest BCUT2D eigenvalue weighted by molar-refractivity contribution is -0.384. The lowest BCUT2D eigenvalue weighted by Crippen LogP contribution is -2.46. The van der Waals surface area contributed by atoms with E-state index in [1.54, 1.807) is 13.8 Å². The lowest BCUT2D eigenvalue weighted by Gasteiger charge is -2.20. The van der Waals surface area contributed by atoms with E-state index in [9.17, 15) is 19.7 Å². The molecule has 0 bridgehead atoms. The number of nitro groups is 1. The lowest BCUT2D eigenvalue weighted by atomic mass is 10.1. The summed E-state index contributed by atoms with van der Waals surface area (Å²) in [5.74, 6) is -0.593. The maximum Gasteiger partial charge on any atom is 0.318 e. The number of carbonyl (C=O) groups is 2. The number of hydrogen-bond acceptors (Lipinski definition) is 5. The molecule has 1 aromatic rings. The van der Waals surface area contributed by atoms with Crippen LogP contribution in [0, 0.1) is 16.0 Å². The summed E-state index contributed by atoms with van der Waals surface area (Å²) >= 11 is 0. The highest BCUT2D eigenvalue weighted by molar-refractivity contribution is 5.96. The van der Waals surface area contributed by atoms with Crippen molar-refractivity contribution in [1.29, 1.82) is 0 Å². The van der Waals surface area contributed by atoms with E-state index >= 15 is 0 Å². The summed E-state index contributed by atoms with van der Waals surface area (Å²) in [6, 6.07) is 4.32. The minimum absolute atomic E-state index is 0.0833. The Morgan fingerprint density at radius 2 is 1.85 bits per heavy atom. The number of nitrogens with two attached hydrogens (primary N) is 1. The van der Waals surface area contributed by atoms with Gasteiger partial charge in [0.2, 0.25) is 0 Å². The molecule has 0 aromatic heterocycles. The smallest absolute Gasteiger partial charge is 0.318 e. The molecule has 0 unspecified atom stereocenters. The predicted octanol–water partition coefficient (Wildman–Crippen LogP) is 1.19. The highest BCUT2D eigenvalue weighted by Crippen LogP contribution is 2.20. The van der Waals surface area contributed by atoms with Gasteiger partial charge >= 0.3 is 6.03 Å². The Labute approximate surface area is 115 Å². The fraction of sp³-hybridized carbons (Fsp3) is 0.333. The number of nitro benzene ring substituents is 1. The van der Waals surface area contributed by atoms with Crippen molar-refractivity contribution >= 4 is 17.6 Å². The molecule has 8 heteroatoms. The minimum Gasteiger partial charge on any atom is -0.480 e. The summed E-state index contributed by atoms with van der Waals surface area (Å²) in [5.41, 5.74) is 4.79. The second-order valence-electron chi connectivity index (χ2n) is 4.39. The minimum atomic E-state index is -0.965. The summed E-state index contributed by atoms with van der Waals surface area (Å²) in [4.78, 5) is 32.4. The molecule has 8 nitrogen and oxygen atoms in total. The normalized spacial score (nSPS) is 11.8. The second-order valence-corrected chi connectivity index (χ2v) is 4.39. The summed E-state index contributed by atoms with van der Waals surface area (Å²) in [5, 5.41) is 12.5. The summed E-state index contributed by atoms with van der Waals surface area (Å²) < 4.78 is 5.43. The molecule has 3 N–H and O–H groups in total. The van der Waals surface area contributed by atoms with Crippen molar-refractivity contribution in [3.8, 4) is 5.75 Å². The Balaban J connectivity index is 2.82. The molecule has 1 rings (SSSR count). The third-order valence-electron chi connectivity index (χ3n) is 2.42. The maximum absolute atomic E-state index is 11.7. The molecule has 0 aliphatic rings. The van der Waals surface area contributed by atoms with E-state index in [0.29, 0.717) is 0 Å². The number of non-ortho nitro benzene ring substituents is 1. The molecule has 3 amide bonds. The van der Waals surface area contributed by atoms with Gasteiger partial charge < -0.3 is 10.5 Å². The summed E-state index contributed by atoms with van der Waals surface area (Å²) in [6.45, 7) is 3.47. The highest BCUT2D eigenvalue weighted by Gasteiger charge is 2.25. The van der Waals surface area contributed by atoms with E-state index in [4.69, 9.17) is 10.5 Å². The number of nitrogens with zero attached hydrogens (tertiary/aromatic N) is 1. The van der Waals surface area contributed by atoms with Crippen molar-refractivity contribution in [3.05, 3.63) is 34.4 Å². The number of amides is 3. The number of primary amides is 1. The van der Waals surface area contributed by atoms with Crippen LogP contribution >= 0.6 is 0 Å². The third-order valence-corrected chi connectivity index (χ3v) is 2.42. The van der Waals surface area contributed by atoms with Crippen molar-refractivity contribution < 1.29 is 19.2 Å². The Hall–Kier alpha value is -2.64. The van der Waals surface area contributed by atoms with Crippen LogP contribution in [0.5, 0.6) is 5.75 Å². The van der Waals surface area contributed by atoms with Crippen LogP contribution in [0.2, 0.25) is 0 Å². The van der Waals surface area contributed by atoms with Crippen LogP contribution < -0.4 is 15.8 Å². The number of imide groups is 1. The molecule has 0 aliphatic heterocycles. The molecule has 0 spiro atoms. The monoisotopic (exact) mass is 281 g/mol. The van der Waals surface area contributed by atoms with Gasteiger partial charge in [-0.05, 0) is 18.1 Å². The average molecular weight is 281 g/mol. The number of urea groups is 1. The number of hydrogen-bond donors (Lipinski definition) is 2. The van der Waals surface area contributed by atoms with Crippen LogP contribution in [0.4, 0.5) is 10.5 Å². The molecule has 20 heavy (non-hydrogen) atoms. The molecule has 0 heterocycles. The summed E-state index contributed by atoms with van der Waals surface area (Å²) in [6.07, 6.45) is -0.927. The second kappa shape index (κ2) is 6.50. The molecule has 0 aliphatic carbocycles. The van der Waals surface area contributed by atoms with Crippen LogP contribution in [0.1, 0.15) is 13.8 Å². The zero-order chi connectivity index (χ0) is 15.3. The van der Waals surface area contributed by atoms with Gasteiger partial charge in [-0.3, -0.25) is 20.2 Å². The van der Waals surface area contributed by atoms with Crippen LogP contribution in [0.15, 0.2) is 24.3 Å². The Bertz CT molecular complexity index is 512. The van der Waals surface area contributed by atoms with Crippen molar-refractivity contribution in [2.24, 2.45) is 11.7 Å². The topological polar surface area (TPSA) is 125 Å². The number of ether oxygens (including phenoxy) is 1. The van der Waals surface area contributed by atoms with Crippen LogP contribution in [-0.2, 0) is 4.79 Å². The first-order chi connectivity index (χ1) is 9.31. The van der Waals surface area contributed by atoms with Gasteiger partial charge in [0.1, 0.15) is 5.75 Å². The molecular formula is C12H15N3O5. The van der Waals surface area contributed by atoms with Crippen LogP contribution in [0.3, 0.4) is 0 Å². The van der Waals surface area contributed by atoms with Gasteiger partial charge in [-0.2, -0.15) is 0 Å². The largest absolute Gasteiger partial charge is 0.480 e. The number of benzene rings is 1. The molecule has 0 fully saturated rings. The number of rotatable bonds is 5. The van der Waals surface area contributed by atoms with Gasteiger partial charge in [-0.1, -0.05) is 13.8 Å². The van der Waals surface area contributed by atoms with Crippen LogP contribution in [0.25, 0.3) is 0 Å². The molecule has 0 radical (unpaired) electrons. The third kappa shape index (κ3) is 4.23. The first-order valence-electron chi connectivity index (χ1n) is 5.82. The van der Waals surface area contributed by atoms with Gasteiger partial charge in [0.25, 0.3) is 11.6 Å². The van der Waals surface area contributed by atoms with Gasteiger partial charge in [0.15, 0.2) is 6.10 Å². The quantitative estimate of drug-likeness (QED) is 0.619. The number of carbonyl (C=O) groups excluding carboxylic acids is 2. The molecule has 0 saturated heterocycles. The fourth-order valence-electron chi connectivity index (χ4n) is 1.48. The van der Waals surface area contributed by atoms with E-state index < -0.39 is 23.0 Å². The van der Waals surface area contributed by atoms with Crippen LogP contribution in [-0.4, -0.2) is 23.0 Å². The maximum atomic E-state index is 11.7. The fourth-order valence-corrected chi connectivity index (χ4v) is 1.48. The van der Waals surface area contributed by atoms with E-state index in [1.165, 1.54) is 24.3 Å².